The first-order valence-electron chi connectivity index (χ1n) is 7.03. The summed E-state index contributed by atoms with van der Waals surface area (Å²) in [4.78, 5) is 25.6. The van der Waals surface area contributed by atoms with Crippen LogP contribution in [0.4, 0.5) is 16.4 Å². The summed E-state index contributed by atoms with van der Waals surface area (Å²) in [5, 5.41) is 9.35. The number of carbonyl (C=O) groups excluding carboxylic acids is 2. The van der Waals surface area contributed by atoms with E-state index in [9.17, 15) is 9.59 Å². The van der Waals surface area contributed by atoms with E-state index >= 15 is 0 Å². The van der Waals surface area contributed by atoms with Gasteiger partial charge in [0.2, 0.25) is 0 Å². The molecule has 0 bridgehead atoms. The quantitative estimate of drug-likeness (QED) is 0.884. The van der Waals surface area contributed by atoms with Crippen LogP contribution in [0.1, 0.15) is 15.9 Å². The molecule has 7 nitrogen and oxygen atoms in total. The molecule has 2 N–H and O–H groups in total. The number of hydrogen-bond acceptors (Lipinski definition) is 3. The van der Waals surface area contributed by atoms with Crippen LogP contribution >= 0.6 is 0 Å². The van der Waals surface area contributed by atoms with Crippen LogP contribution in [0.3, 0.4) is 0 Å². The van der Waals surface area contributed by atoms with E-state index in [1.807, 2.05) is 25.1 Å². The molecule has 0 unspecified atom stereocenters. The van der Waals surface area contributed by atoms with Gasteiger partial charge in [-0.15, -0.1) is 0 Å². The van der Waals surface area contributed by atoms with Crippen LogP contribution in [-0.4, -0.2) is 35.3 Å². The van der Waals surface area contributed by atoms with E-state index in [2.05, 4.69) is 15.7 Å². The smallest absolute Gasteiger partial charge is 0.320 e. The van der Waals surface area contributed by atoms with Crippen molar-refractivity contribution in [3.8, 4) is 0 Å². The third kappa shape index (κ3) is 2.52. The first-order chi connectivity index (χ1) is 10.6. The number of amides is 3. The Morgan fingerprint density at radius 2 is 2.05 bits per heavy atom. The number of hydrogen-bond donors (Lipinski definition) is 2. The Bertz CT molecular complexity index is 737. The Balaban J connectivity index is 1.84. The van der Waals surface area contributed by atoms with E-state index in [0.717, 1.165) is 5.56 Å². The molecule has 1 aromatic carbocycles. The highest BCUT2D eigenvalue weighted by atomic mass is 16.2. The van der Waals surface area contributed by atoms with Gasteiger partial charge in [0.15, 0.2) is 5.82 Å². The molecule has 0 saturated heterocycles. The van der Waals surface area contributed by atoms with Crippen molar-refractivity contribution < 1.29 is 9.59 Å². The minimum absolute atomic E-state index is 0.0613. The second kappa shape index (κ2) is 5.51. The molecule has 0 saturated carbocycles. The summed E-state index contributed by atoms with van der Waals surface area (Å²) in [5.41, 5.74) is 1.69. The molecule has 0 radical (unpaired) electrons. The van der Waals surface area contributed by atoms with E-state index in [4.69, 9.17) is 0 Å². The number of nitrogens with zero attached hydrogens (tertiary/aromatic N) is 3. The number of fused-ring (bicyclic) bond motifs is 1. The van der Waals surface area contributed by atoms with E-state index in [-0.39, 0.29) is 11.9 Å². The van der Waals surface area contributed by atoms with E-state index in [1.165, 1.54) is 7.05 Å². The van der Waals surface area contributed by atoms with E-state index in [1.54, 1.807) is 21.7 Å². The summed E-state index contributed by atoms with van der Waals surface area (Å²) in [7, 11) is 1.53. The SMILES string of the molecule is CNC(=O)Nc1cc2n(n1)CCN2C(=O)c1cccc(C)c1. The Morgan fingerprint density at radius 3 is 2.77 bits per heavy atom. The molecule has 3 rings (SSSR count). The molecule has 7 heteroatoms. The van der Waals surface area contributed by atoms with E-state index in [0.29, 0.717) is 30.3 Å². The maximum Gasteiger partial charge on any atom is 0.320 e. The maximum absolute atomic E-state index is 12.6. The van der Waals surface area contributed by atoms with Crippen LogP contribution in [0, 0.1) is 6.92 Å². The van der Waals surface area contributed by atoms with Crippen LogP contribution in [0.5, 0.6) is 0 Å². The van der Waals surface area contributed by atoms with Crippen molar-refractivity contribution in [2.75, 3.05) is 23.8 Å². The summed E-state index contributed by atoms with van der Waals surface area (Å²) >= 11 is 0. The van der Waals surface area contributed by atoms with Crippen LogP contribution in [0.15, 0.2) is 30.3 Å². The van der Waals surface area contributed by atoms with Crippen molar-refractivity contribution in [3.05, 3.63) is 41.5 Å². The fourth-order valence-electron chi connectivity index (χ4n) is 2.48. The second-order valence-electron chi connectivity index (χ2n) is 5.14. The number of aromatic nitrogens is 2. The minimum Gasteiger partial charge on any atom is -0.341 e. The molecule has 1 aliphatic rings. The van der Waals surface area contributed by atoms with Gasteiger partial charge in [0.05, 0.1) is 6.54 Å². The third-order valence-electron chi connectivity index (χ3n) is 3.55. The van der Waals surface area contributed by atoms with Gasteiger partial charge in [-0.1, -0.05) is 17.7 Å². The monoisotopic (exact) mass is 299 g/mol. The van der Waals surface area contributed by atoms with Gasteiger partial charge in [0, 0.05) is 25.2 Å². The Labute approximate surface area is 127 Å². The summed E-state index contributed by atoms with van der Waals surface area (Å²) in [6, 6.07) is 8.86. The van der Waals surface area contributed by atoms with Crippen molar-refractivity contribution in [2.45, 2.75) is 13.5 Å². The highest BCUT2D eigenvalue weighted by molar-refractivity contribution is 6.06. The number of anilines is 2. The molecule has 0 aliphatic carbocycles. The standard InChI is InChI=1S/C15H17N5O2/c1-10-4-3-5-11(8-10)14(21)19-6-7-20-13(19)9-12(18-20)17-15(22)16-2/h3-5,8-9H,6-7H2,1-2H3,(H2,16,17,18,22). The van der Waals surface area contributed by atoms with Gasteiger partial charge in [0.1, 0.15) is 5.82 Å². The highest BCUT2D eigenvalue weighted by Gasteiger charge is 2.27. The summed E-state index contributed by atoms with van der Waals surface area (Å²) in [6.45, 7) is 3.15. The summed E-state index contributed by atoms with van der Waals surface area (Å²) in [6.07, 6.45) is 0. The number of urea groups is 1. The lowest BCUT2D eigenvalue weighted by atomic mass is 10.1. The summed E-state index contributed by atoms with van der Waals surface area (Å²) < 4.78 is 1.72. The van der Waals surface area contributed by atoms with Gasteiger partial charge in [-0.05, 0) is 19.1 Å². The lowest BCUT2D eigenvalue weighted by molar-refractivity contribution is 0.0989. The zero-order valence-corrected chi connectivity index (χ0v) is 12.5. The number of carbonyl (C=O) groups is 2. The van der Waals surface area contributed by atoms with Gasteiger partial charge in [-0.2, -0.15) is 5.10 Å². The maximum atomic E-state index is 12.6. The van der Waals surface area contributed by atoms with Crippen LogP contribution < -0.4 is 15.5 Å². The average Bonchev–Trinajstić information content (AvgIpc) is 3.06. The molecule has 3 amide bonds. The topological polar surface area (TPSA) is 79.3 Å². The molecular weight excluding hydrogens is 282 g/mol. The molecule has 0 fully saturated rings. The van der Waals surface area contributed by atoms with Crippen molar-refractivity contribution in [3.63, 3.8) is 0 Å². The third-order valence-corrected chi connectivity index (χ3v) is 3.55. The van der Waals surface area contributed by atoms with Gasteiger partial charge in [-0.25, -0.2) is 9.48 Å². The Morgan fingerprint density at radius 1 is 1.23 bits per heavy atom. The van der Waals surface area contributed by atoms with Crippen molar-refractivity contribution in [1.82, 2.24) is 15.1 Å². The molecule has 1 aliphatic heterocycles. The fraction of sp³-hybridized carbons (Fsp3) is 0.267. The molecule has 2 aromatic rings. The largest absolute Gasteiger partial charge is 0.341 e. The molecule has 1 aromatic heterocycles. The zero-order valence-electron chi connectivity index (χ0n) is 12.5. The van der Waals surface area contributed by atoms with Gasteiger partial charge in [0.25, 0.3) is 5.91 Å². The lowest BCUT2D eigenvalue weighted by Gasteiger charge is -2.15. The molecule has 2 heterocycles. The second-order valence-corrected chi connectivity index (χ2v) is 5.14. The Kier molecular flexibility index (Phi) is 3.54. The summed E-state index contributed by atoms with van der Waals surface area (Å²) in [5.74, 6) is 1.06. The highest BCUT2D eigenvalue weighted by Crippen LogP contribution is 2.26. The first-order valence-corrected chi connectivity index (χ1v) is 7.03. The first kappa shape index (κ1) is 14.1. The molecule has 0 spiro atoms. The predicted molar refractivity (Wildman–Crippen MR) is 83.2 cm³/mol. The number of rotatable bonds is 2. The van der Waals surface area contributed by atoms with Gasteiger partial charge in [-0.3, -0.25) is 15.0 Å². The normalized spacial score (nSPS) is 12.9. The van der Waals surface area contributed by atoms with Crippen LogP contribution in [0.25, 0.3) is 0 Å². The van der Waals surface area contributed by atoms with Gasteiger partial charge < -0.3 is 5.32 Å². The molecule has 114 valence electrons. The lowest BCUT2D eigenvalue weighted by Crippen LogP contribution is -2.29. The Hall–Kier alpha value is -2.83. The zero-order chi connectivity index (χ0) is 15.7. The number of aryl methyl sites for hydroxylation is 1. The van der Waals surface area contributed by atoms with Crippen molar-refractivity contribution in [2.24, 2.45) is 0 Å². The molecule has 22 heavy (non-hydrogen) atoms. The van der Waals surface area contributed by atoms with Crippen LogP contribution in [0.2, 0.25) is 0 Å². The van der Waals surface area contributed by atoms with Crippen molar-refractivity contribution >= 4 is 23.6 Å². The number of benzene rings is 1. The number of nitrogens with one attached hydrogen (secondary N) is 2. The molecule has 0 atom stereocenters. The average molecular weight is 299 g/mol. The van der Waals surface area contributed by atoms with Crippen molar-refractivity contribution in [1.29, 1.82) is 0 Å². The van der Waals surface area contributed by atoms with E-state index < -0.39 is 0 Å². The minimum atomic E-state index is -0.340. The van der Waals surface area contributed by atoms with Gasteiger partial charge >= 0.3 is 6.03 Å². The molecular formula is C15H17N5O2. The fourth-order valence-corrected chi connectivity index (χ4v) is 2.48. The predicted octanol–water partition coefficient (Wildman–Crippen LogP) is 1.60. The van der Waals surface area contributed by atoms with Crippen LogP contribution in [-0.2, 0) is 6.54 Å².